The third-order valence-corrected chi connectivity index (χ3v) is 7.74. The standard InChI is InChI=1S/C21H29N3O4S/c1-5-19(17-8-6-14(2)7-9-17)22-21(25)18-10-12-24(13-11-18)29(26,27)20-15(3)23-28-16(20)4/h6-9,18-19H,5,10-13H2,1-4H3,(H,22,25)/t19-/m0/s1. The van der Waals surface area contributed by atoms with E-state index in [1.165, 1.54) is 9.87 Å². The fraction of sp³-hybridized carbons (Fsp3) is 0.524. The molecule has 3 rings (SSSR count). The van der Waals surface area contributed by atoms with E-state index >= 15 is 0 Å². The Balaban J connectivity index is 1.62. The molecule has 0 aliphatic carbocycles. The van der Waals surface area contributed by atoms with Crippen molar-refractivity contribution < 1.29 is 17.7 Å². The quantitative estimate of drug-likeness (QED) is 0.776. The molecule has 0 radical (unpaired) electrons. The molecule has 1 amide bonds. The summed E-state index contributed by atoms with van der Waals surface area (Å²) in [4.78, 5) is 12.9. The van der Waals surface area contributed by atoms with E-state index in [0.717, 1.165) is 12.0 Å². The number of carbonyl (C=O) groups is 1. The Kier molecular flexibility index (Phi) is 6.43. The van der Waals surface area contributed by atoms with Gasteiger partial charge in [-0.1, -0.05) is 41.9 Å². The Hall–Kier alpha value is -2.19. The summed E-state index contributed by atoms with van der Waals surface area (Å²) in [5, 5.41) is 6.89. The van der Waals surface area contributed by atoms with Crippen LogP contribution in [0.1, 0.15) is 54.8 Å². The van der Waals surface area contributed by atoms with Crippen molar-refractivity contribution >= 4 is 15.9 Å². The number of benzene rings is 1. The van der Waals surface area contributed by atoms with Gasteiger partial charge >= 0.3 is 0 Å². The minimum absolute atomic E-state index is 0.00758. The summed E-state index contributed by atoms with van der Waals surface area (Å²) in [6.45, 7) is 7.93. The van der Waals surface area contributed by atoms with Crippen LogP contribution < -0.4 is 5.32 Å². The van der Waals surface area contributed by atoms with E-state index in [1.807, 2.05) is 38.1 Å². The molecule has 0 unspecified atom stereocenters. The number of rotatable bonds is 6. The van der Waals surface area contributed by atoms with E-state index in [0.29, 0.717) is 37.4 Å². The molecule has 1 saturated heterocycles. The maximum atomic E-state index is 12.9. The molecule has 1 aliphatic rings. The highest BCUT2D eigenvalue weighted by Crippen LogP contribution is 2.28. The molecule has 158 valence electrons. The van der Waals surface area contributed by atoms with Crippen LogP contribution in [0.2, 0.25) is 0 Å². The lowest BCUT2D eigenvalue weighted by atomic mass is 9.95. The lowest BCUT2D eigenvalue weighted by Gasteiger charge is -2.31. The molecular formula is C21H29N3O4S. The van der Waals surface area contributed by atoms with E-state index in [2.05, 4.69) is 10.5 Å². The fourth-order valence-electron chi connectivity index (χ4n) is 3.84. The van der Waals surface area contributed by atoms with Gasteiger partial charge in [0.05, 0.1) is 6.04 Å². The van der Waals surface area contributed by atoms with Crippen LogP contribution in [0.4, 0.5) is 0 Å². The van der Waals surface area contributed by atoms with Crippen LogP contribution in [0.5, 0.6) is 0 Å². The Bertz CT molecular complexity index is 939. The monoisotopic (exact) mass is 419 g/mol. The molecule has 1 atom stereocenters. The number of nitrogens with one attached hydrogen (secondary N) is 1. The minimum atomic E-state index is -3.66. The molecule has 1 N–H and O–H groups in total. The van der Waals surface area contributed by atoms with E-state index in [4.69, 9.17) is 4.52 Å². The molecule has 1 aromatic heterocycles. The summed E-state index contributed by atoms with van der Waals surface area (Å²) in [7, 11) is -3.66. The van der Waals surface area contributed by atoms with Crippen molar-refractivity contribution in [1.29, 1.82) is 0 Å². The van der Waals surface area contributed by atoms with Crippen molar-refractivity contribution in [2.45, 2.75) is 57.9 Å². The van der Waals surface area contributed by atoms with Crippen LogP contribution in [0.3, 0.4) is 0 Å². The van der Waals surface area contributed by atoms with Crippen LogP contribution in [0, 0.1) is 26.7 Å². The molecule has 0 saturated carbocycles. The summed E-state index contributed by atoms with van der Waals surface area (Å²) in [5.74, 6) is 0.101. The van der Waals surface area contributed by atoms with Gasteiger partial charge in [0.15, 0.2) is 5.76 Å². The van der Waals surface area contributed by atoms with Gasteiger partial charge < -0.3 is 9.84 Å². The van der Waals surface area contributed by atoms with Gasteiger partial charge in [-0.15, -0.1) is 0 Å². The van der Waals surface area contributed by atoms with Crippen LogP contribution in [0.25, 0.3) is 0 Å². The van der Waals surface area contributed by atoms with Gasteiger partial charge in [0, 0.05) is 19.0 Å². The first-order valence-corrected chi connectivity index (χ1v) is 11.5. The van der Waals surface area contributed by atoms with Crippen molar-refractivity contribution in [3.63, 3.8) is 0 Å². The normalized spacial score (nSPS) is 17.2. The van der Waals surface area contributed by atoms with E-state index in [-0.39, 0.29) is 22.8 Å². The van der Waals surface area contributed by atoms with Gasteiger partial charge in [0.2, 0.25) is 15.9 Å². The number of hydrogen-bond donors (Lipinski definition) is 1. The molecule has 8 heteroatoms. The van der Waals surface area contributed by atoms with Crippen molar-refractivity contribution in [2.75, 3.05) is 13.1 Å². The largest absolute Gasteiger partial charge is 0.360 e. The number of amides is 1. The van der Waals surface area contributed by atoms with Crippen LogP contribution in [-0.2, 0) is 14.8 Å². The first-order valence-electron chi connectivity index (χ1n) is 10.0. The Morgan fingerprint density at radius 3 is 2.34 bits per heavy atom. The Morgan fingerprint density at radius 1 is 1.21 bits per heavy atom. The first kappa shape index (κ1) is 21.5. The lowest BCUT2D eigenvalue weighted by molar-refractivity contribution is -0.126. The third-order valence-electron chi connectivity index (χ3n) is 5.59. The third kappa shape index (κ3) is 4.53. The van der Waals surface area contributed by atoms with Gasteiger partial charge in [0.25, 0.3) is 0 Å². The molecule has 7 nitrogen and oxygen atoms in total. The zero-order chi connectivity index (χ0) is 21.2. The van der Waals surface area contributed by atoms with Crippen molar-refractivity contribution in [2.24, 2.45) is 5.92 Å². The number of sulfonamides is 1. The molecular weight excluding hydrogens is 390 g/mol. The zero-order valence-corrected chi connectivity index (χ0v) is 18.3. The predicted octanol–water partition coefficient (Wildman–Crippen LogP) is 3.27. The lowest BCUT2D eigenvalue weighted by Crippen LogP contribution is -2.43. The zero-order valence-electron chi connectivity index (χ0n) is 17.4. The van der Waals surface area contributed by atoms with Crippen LogP contribution in [0.15, 0.2) is 33.7 Å². The average Bonchev–Trinajstić information content (AvgIpc) is 3.05. The van der Waals surface area contributed by atoms with Crippen molar-refractivity contribution in [3.05, 3.63) is 46.8 Å². The summed E-state index contributed by atoms with van der Waals surface area (Å²) < 4.78 is 32.3. The smallest absolute Gasteiger partial charge is 0.248 e. The van der Waals surface area contributed by atoms with E-state index in [1.54, 1.807) is 13.8 Å². The number of aryl methyl sites for hydroxylation is 3. The summed E-state index contributed by atoms with van der Waals surface area (Å²) in [5.41, 5.74) is 2.64. The minimum Gasteiger partial charge on any atom is -0.360 e. The SMILES string of the molecule is CC[C@H](NC(=O)C1CCN(S(=O)(=O)c2c(C)noc2C)CC1)c1ccc(C)cc1. The second kappa shape index (κ2) is 8.67. The van der Waals surface area contributed by atoms with Gasteiger partial charge in [-0.3, -0.25) is 4.79 Å². The number of piperidine rings is 1. The first-order chi connectivity index (χ1) is 13.7. The second-order valence-corrected chi connectivity index (χ2v) is 9.59. The maximum absolute atomic E-state index is 12.9. The Labute approximate surface area is 172 Å². The molecule has 1 aromatic carbocycles. The molecule has 0 bridgehead atoms. The average molecular weight is 420 g/mol. The summed E-state index contributed by atoms with van der Waals surface area (Å²) in [6, 6.07) is 8.14. The summed E-state index contributed by atoms with van der Waals surface area (Å²) >= 11 is 0. The summed E-state index contributed by atoms with van der Waals surface area (Å²) in [6.07, 6.45) is 1.80. The van der Waals surface area contributed by atoms with Crippen LogP contribution >= 0.6 is 0 Å². The van der Waals surface area contributed by atoms with Crippen LogP contribution in [-0.4, -0.2) is 36.9 Å². The molecule has 2 aromatic rings. The number of nitrogens with zero attached hydrogens (tertiary/aromatic N) is 2. The van der Waals surface area contributed by atoms with Gasteiger partial charge in [0.1, 0.15) is 10.6 Å². The highest BCUT2D eigenvalue weighted by atomic mass is 32.2. The van der Waals surface area contributed by atoms with E-state index < -0.39 is 10.0 Å². The highest BCUT2D eigenvalue weighted by molar-refractivity contribution is 7.89. The Morgan fingerprint density at radius 2 is 1.83 bits per heavy atom. The van der Waals surface area contributed by atoms with Crippen molar-refractivity contribution in [3.8, 4) is 0 Å². The second-order valence-electron chi connectivity index (χ2n) is 7.71. The molecule has 0 spiro atoms. The highest BCUT2D eigenvalue weighted by Gasteiger charge is 2.35. The van der Waals surface area contributed by atoms with Gasteiger partial charge in [-0.2, -0.15) is 4.31 Å². The van der Waals surface area contributed by atoms with Gasteiger partial charge in [-0.05, 0) is 45.6 Å². The number of hydrogen-bond acceptors (Lipinski definition) is 5. The van der Waals surface area contributed by atoms with E-state index in [9.17, 15) is 13.2 Å². The van der Waals surface area contributed by atoms with Gasteiger partial charge in [-0.25, -0.2) is 8.42 Å². The van der Waals surface area contributed by atoms with Crippen molar-refractivity contribution in [1.82, 2.24) is 14.8 Å². The molecule has 1 aliphatic heterocycles. The molecule has 1 fully saturated rings. The maximum Gasteiger partial charge on any atom is 0.248 e. The topological polar surface area (TPSA) is 92.5 Å². The molecule has 2 heterocycles. The number of aromatic nitrogens is 1. The predicted molar refractivity (Wildman–Crippen MR) is 110 cm³/mol. The fourth-order valence-corrected chi connectivity index (χ4v) is 5.60. The molecule has 29 heavy (non-hydrogen) atoms. The number of carbonyl (C=O) groups excluding carboxylic acids is 1.